The van der Waals surface area contributed by atoms with Gasteiger partial charge in [0.05, 0.1) is 18.6 Å². The van der Waals surface area contributed by atoms with Crippen LogP contribution < -0.4 is 5.73 Å². The van der Waals surface area contributed by atoms with Crippen molar-refractivity contribution in [3.05, 3.63) is 24.2 Å². The maximum atomic E-state index is 6.52. The number of hydrogen-bond acceptors (Lipinski definition) is 3. The summed E-state index contributed by atoms with van der Waals surface area (Å²) in [6, 6.07) is 2.05. The van der Waals surface area contributed by atoms with E-state index in [0.717, 1.165) is 18.4 Å². The van der Waals surface area contributed by atoms with Gasteiger partial charge in [0.15, 0.2) is 0 Å². The molecule has 1 aliphatic rings. The maximum absolute atomic E-state index is 6.52. The minimum Gasteiger partial charge on any atom is -0.472 e. The molecule has 0 bridgehead atoms. The van der Waals surface area contributed by atoms with Crippen LogP contribution in [-0.2, 0) is 0 Å². The summed E-state index contributed by atoms with van der Waals surface area (Å²) >= 11 is 0. The molecule has 1 aromatic rings. The Morgan fingerprint density at radius 1 is 1.35 bits per heavy atom. The van der Waals surface area contributed by atoms with Crippen LogP contribution >= 0.6 is 0 Å². The quantitative estimate of drug-likeness (QED) is 0.854. The van der Waals surface area contributed by atoms with Gasteiger partial charge in [-0.25, -0.2) is 0 Å². The second-order valence-electron chi connectivity index (χ2n) is 5.04. The molecule has 1 saturated heterocycles. The average molecular weight is 236 g/mol. The fourth-order valence-corrected chi connectivity index (χ4v) is 3.26. The van der Waals surface area contributed by atoms with Gasteiger partial charge in [0, 0.05) is 11.1 Å². The molecule has 1 aliphatic heterocycles. The molecular weight excluding hydrogens is 212 g/mol. The standard InChI is InChI=1S/C14H24N2O/c1-3-14(4-2,16-8-5-6-9-16)13(15)12-7-10-17-11-12/h7,10-11,13H,3-6,8-9,15H2,1-2H3. The van der Waals surface area contributed by atoms with Crippen molar-refractivity contribution in [2.45, 2.75) is 51.1 Å². The summed E-state index contributed by atoms with van der Waals surface area (Å²) in [5, 5.41) is 0. The van der Waals surface area contributed by atoms with Crippen molar-refractivity contribution in [2.75, 3.05) is 13.1 Å². The van der Waals surface area contributed by atoms with Crippen LogP contribution in [0, 0.1) is 0 Å². The third-order valence-corrected chi connectivity index (χ3v) is 4.44. The van der Waals surface area contributed by atoms with Gasteiger partial charge in [0.1, 0.15) is 0 Å². The summed E-state index contributed by atoms with van der Waals surface area (Å²) in [6.07, 6.45) is 8.31. The van der Waals surface area contributed by atoms with Crippen molar-refractivity contribution in [3.63, 3.8) is 0 Å². The highest BCUT2D eigenvalue weighted by Gasteiger charge is 2.41. The first-order chi connectivity index (χ1) is 8.24. The third kappa shape index (κ3) is 2.14. The Labute approximate surface area is 104 Å². The molecule has 1 fully saturated rings. The predicted octanol–water partition coefficient (Wildman–Crippen LogP) is 2.93. The van der Waals surface area contributed by atoms with Crippen LogP contribution in [0.3, 0.4) is 0 Å². The van der Waals surface area contributed by atoms with E-state index in [1.807, 2.05) is 6.07 Å². The molecule has 1 aromatic heterocycles. The molecule has 2 heterocycles. The molecule has 3 heteroatoms. The highest BCUT2D eigenvalue weighted by atomic mass is 16.3. The molecule has 1 unspecified atom stereocenters. The van der Waals surface area contributed by atoms with Gasteiger partial charge in [-0.1, -0.05) is 13.8 Å². The highest BCUT2D eigenvalue weighted by molar-refractivity contribution is 5.18. The lowest BCUT2D eigenvalue weighted by Crippen LogP contribution is -2.53. The molecule has 96 valence electrons. The van der Waals surface area contributed by atoms with Gasteiger partial charge in [-0.15, -0.1) is 0 Å². The number of furan rings is 1. The van der Waals surface area contributed by atoms with Crippen molar-refractivity contribution in [2.24, 2.45) is 5.73 Å². The lowest BCUT2D eigenvalue weighted by molar-refractivity contribution is 0.0764. The number of hydrogen-bond donors (Lipinski definition) is 1. The van der Waals surface area contributed by atoms with Crippen molar-refractivity contribution in [3.8, 4) is 0 Å². The minimum atomic E-state index is 0.0503. The lowest BCUT2D eigenvalue weighted by Gasteiger charge is -2.45. The van der Waals surface area contributed by atoms with E-state index in [1.54, 1.807) is 12.5 Å². The summed E-state index contributed by atoms with van der Waals surface area (Å²) in [5.41, 5.74) is 7.74. The fourth-order valence-electron chi connectivity index (χ4n) is 3.26. The van der Waals surface area contributed by atoms with Gasteiger partial charge in [-0.2, -0.15) is 0 Å². The molecule has 0 aromatic carbocycles. The second-order valence-corrected chi connectivity index (χ2v) is 5.04. The van der Waals surface area contributed by atoms with Crippen LogP contribution in [0.2, 0.25) is 0 Å². The van der Waals surface area contributed by atoms with E-state index in [1.165, 1.54) is 25.9 Å². The molecule has 2 N–H and O–H groups in total. The zero-order valence-electron chi connectivity index (χ0n) is 11.0. The van der Waals surface area contributed by atoms with Crippen molar-refractivity contribution < 1.29 is 4.42 Å². The fraction of sp³-hybridized carbons (Fsp3) is 0.714. The Hall–Kier alpha value is -0.800. The number of rotatable bonds is 5. The van der Waals surface area contributed by atoms with E-state index in [4.69, 9.17) is 10.2 Å². The van der Waals surface area contributed by atoms with Crippen LogP contribution in [0.5, 0.6) is 0 Å². The Morgan fingerprint density at radius 2 is 2.00 bits per heavy atom. The van der Waals surface area contributed by atoms with Crippen LogP contribution in [0.1, 0.15) is 51.1 Å². The van der Waals surface area contributed by atoms with Gasteiger partial charge in [0.25, 0.3) is 0 Å². The predicted molar refractivity (Wildman–Crippen MR) is 69.8 cm³/mol. The SMILES string of the molecule is CCC(CC)(C(N)c1ccoc1)N1CCCC1. The van der Waals surface area contributed by atoms with Gasteiger partial charge in [-0.3, -0.25) is 4.90 Å². The van der Waals surface area contributed by atoms with E-state index < -0.39 is 0 Å². The molecule has 0 amide bonds. The second kappa shape index (κ2) is 5.23. The molecule has 0 spiro atoms. The molecule has 3 nitrogen and oxygen atoms in total. The number of nitrogens with zero attached hydrogens (tertiary/aromatic N) is 1. The molecule has 0 saturated carbocycles. The Bertz CT molecular complexity index is 324. The van der Waals surface area contributed by atoms with Crippen molar-refractivity contribution in [1.82, 2.24) is 4.90 Å². The topological polar surface area (TPSA) is 42.4 Å². The number of nitrogens with two attached hydrogens (primary N) is 1. The maximum Gasteiger partial charge on any atom is 0.0951 e. The third-order valence-electron chi connectivity index (χ3n) is 4.44. The summed E-state index contributed by atoms with van der Waals surface area (Å²) in [4.78, 5) is 2.59. The van der Waals surface area contributed by atoms with Crippen molar-refractivity contribution in [1.29, 1.82) is 0 Å². The summed E-state index contributed by atoms with van der Waals surface area (Å²) in [6.45, 7) is 6.88. The smallest absolute Gasteiger partial charge is 0.0951 e. The zero-order valence-corrected chi connectivity index (χ0v) is 11.0. The lowest BCUT2D eigenvalue weighted by atomic mass is 9.80. The highest BCUT2D eigenvalue weighted by Crippen LogP contribution is 2.37. The van der Waals surface area contributed by atoms with Crippen LogP contribution in [0.25, 0.3) is 0 Å². The minimum absolute atomic E-state index is 0.0503. The van der Waals surface area contributed by atoms with E-state index >= 15 is 0 Å². The van der Waals surface area contributed by atoms with Gasteiger partial charge in [0.2, 0.25) is 0 Å². The molecule has 1 atom stereocenters. The van der Waals surface area contributed by atoms with Gasteiger partial charge < -0.3 is 10.2 Å². The molecule has 2 rings (SSSR count). The van der Waals surface area contributed by atoms with Crippen LogP contribution in [0.15, 0.2) is 23.0 Å². The Balaban J connectivity index is 2.26. The van der Waals surface area contributed by atoms with E-state index in [0.29, 0.717) is 0 Å². The average Bonchev–Trinajstić information content (AvgIpc) is 3.04. The summed E-state index contributed by atoms with van der Waals surface area (Å²) in [7, 11) is 0. The van der Waals surface area contributed by atoms with E-state index in [2.05, 4.69) is 18.7 Å². The molecule has 17 heavy (non-hydrogen) atoms. The first-order valence-electron chi connectivity index (χ1n) is 6.77. The molecule has 0 radical (unpaired) electrons. The van der Waals surface area contributed by atoms with Crippen LogP contribution in [0.4, 0.5) is 0 Å². The first-order valence-corrected chi connectivity index (χ1v) is 6.77. The molecular formula is C14H24N2O. The summed E-state index contributed by atoms with van der Waals surface area (Å²) in [5.74, 6) is 0. The van der Waals surface area contributed by atoms with Gasteiger partial charge in [-0.05, 0) is 44.8 Å². The first kappa shape index (κ1) is 12.7. The van der Waals surface area contributed by atoms with E-state index in [9.17, 15) is 0 Å². The normalized spacial score (nSPS) is 19.7. The van der Waals surface area contributed by atoms with Crippen molar-refractivity contribution >= 4 is 0 Å². The van der Waals surface area contributed by atoms with Gasteiger partial charge >= 0.3 is 0 Å². The van der Waals surface area contributed by atoms with Crippen LogP contribution in [-0.4, -0.2) is 23.5 Å². The number of likely N-dealkylation sites (tertiary alicyclic amines) is 1. The largest absolute Gasteiger partial charge is 0.472 e. The Kier molecular flexibility index (Phi) is 3.89. The Morgan fingerprint density at radius 3 is 2.47 bits per heavy atom. The molecule has 0 aliphatic carbocycles. The monoisotopic (exact) mass is 236 g/mol. The zero-order chi connectivity index (χ0) is 12.3. The summed E-state index contributed by atoms with van der Waals surface area (Å²) < 4.78 is 5.18. The van der Waals surface area contributed by atoms with E-state index in [-0.39, 0.29) is 11.6 Å².